The van der Waals surface area contributed by atoms with Crippen LogP contribution in [0.1, 0.15) is 11.1 Å². The fourth-order valence-corrected chi connectivity index (χ4v) is 2.79. The number of fused-ring (bicyclic) bond motifs is 1. The normalized spacial score (nSPS) is 15.3. The SMILES string of the molecule is Cc1ccc2c(c1)C(=Nc1ccc(Br)cc1Cl)C(=O)N2. The number of nitrogens with zero attached hydrogens (tertiary/aromatic N) is 1. The summed E-state index contributed by atoms with van der Waals surface area (Å²) in [5, 5.41) is 3.30. The lowest BCUT2D eigenvalue weighted by Crippen LogP contribution is -2.13. The molecule has 0 atom stereocenters. The lowest BCUT2D eigenvalue weighted by atomic mass is 10.1. The van der Waals surface area contributed by atoms with Gasteiger partial charge in [0.25, 0.3) is 5.91 Å². The Hall–Kier alpha value is -1.65. The molecule has 0 radical (unpaired) electrons. The molecule has 0 saturated heterocycles. The number of aliphatic imine (C=N–C) groups is 1. The zero-order valence-corrected chi connectivity index (χ0v) is 12.9. The maximum absolute atomic E-state index is 12.0. The molecule has 0 bridgehead atoms. The second-order valence-corrected chi connectivity index (χ2v) is 5.88. The summed E-state index contributed by atoms with van der Waals surface area (Å²) in [4.78, 5) is 16.4. The number of amides is 1. The highest BCUT2D eigenvalue weighted by molar-refractivity contribution is 9.10. The first-order chi connectivity index (χ1) is 9.54. The number of hydrogen-bond donors (Lipinski definition) is 1. The first-order valence-corrected chi connectivity index (χ1v) is 7.18. The predicted molar refractivity (Wildman–Crippen MR) is 85.2 cm³/mol. The minimum atomic E-state index is -0.204. The second kappa shape index (κ2) is 5.04. The van der Waals surface area contributed by atoms with Crippen LogP contribution in [0.4, 0.5) is 11.4 Å². The average Bonchev–Trinajstić information content (AvgIpc) is 2.69. The van der Waals surface area contributed by atoms with Gasteiger partial charge in [-0.15, -0.1) is 0 Å². The van der Waals surface area contributed by atoms with Crippen molar-refractivity contribution in [2.24, 2.45) is 4.99 Å². The van der Waals surface area contributed by atoms with Gasteiger partial charge in [0, 0.05) is 10.0 Å². The van der Waals surface area contributed by atoms with Crippen LogP contribution >= 0.6 is 27.5 Å². The van der Waals surface area contributed by atoms with Gasteiger partial charge in [0.2, 0.25) is 0 Å². The maximum Gasteiger partial charge on any atom is 0.275 e. The minimum absolute atomic E-state index is 0.204. The van der Waals surface area contributed by atoms with E-state index in [0.29, 0.717) is 16.4 Å². The smallest absolute Gasteiger partial charge is 0.275 e. The maximum atomic E-state index is 12.0. The molecule has 0 unspecified atom stereocenters. The number of carbonyl (C=O) groups excluding carboxylic acids is 1. The Morgan fingerprint density at radius 2 is 2.00 bits per heavy atom. The Balaban J connectivity index is 2.13. The molecule has 2 aromatic rings. The van der Waals surface area contributed by atoms with Gasteiger partial charge >= 0.3 is 0 Å². The Kier molecular flexibility index (Phi) is 3.36. The van der Waals surface area contributed by atoms with Crippen molar-refractivity contribution in [3.05, 3.63) is 57.0 Å². The molecule has 3 rings (SSSR count). The van der Waals surface area contributed by atoms with Crippen LogP contribution in [-0.2, 0) is 4.79 Å². The zero-order valence-electron chi connectivity index (χ0n) is 10.6. The van der Waals surface area contributed by atoms with E-state index in [1.165, 1.54) is 0 Å². The van der Waals surface area contributed by atoms with Crippen molar-refractivity contribution >= 4 is 50.5 Å². The molecule has 20 heavy (non-hydrogen) atoms. The number of anilines is 1. The van der Waals surface area contributed by atoms with Crippen molar-refractivity contribution < 1.29 is 4.79 Å². The molecule has 1 aliphatic rings. The van der Waals surface area contributed by atoms with Gasteiger partial charge in [0.05, 0.1) is 16.4 Å². The lowest BCUT2D eigenvalue weighted by Gasteiger charge is -2.02. The van der Waals surface area contributed by atoms with Crippen LogP contribution in [0.25, 0.3) is 0 Å². The van der Waals surface area contributed by atoms with Gasteiger partial charge in [0.1, 0.15) is 5.71 Å². The van der Waals surface area contributed by atoms with Crippen LogP contribution in [0.5, 0.6) is 0 Å². The third-order valence-corrected chi connectivity index (χ3v) is 3.83. The summed E-state index contributed by atoms with van der Waals surface area (Å²) in [6.45, 7) is 1.98. The molecule has 0 saturated carbocycles. The van der Waals surface area contributed by atoms with Crippen LogP contribution in [0, 0.1) is 6.92 Å². The molecule has 1 aliphatic heterocycles. The van der Waals surface area contributed by atoms with Gasteiger partial charge in [-0.2, -0.15) is 0 Å². The third-order valence-electron chi connectivity index (χ3n) is 3.04. The molecular weight excluding hydrogens is 340 g/mol. The molecule has 0 fully saturated rings. The van der Waals surface area contributed by atoms with E-state index < -0.39 is 0 Å². The highest BCUT2D eigenvalue weighted by atomic mass is 79.9. The number of hydrogen-bond acceptors (Lipinski definition) is 2. The summed E-state index contributed by atoms with van der Waals surface area (Å²) < 4.78 is 0.874. The number of rotatable bonds is 1. The highest BCUT2D eigenvalue weighted by Gasteiger charge is 2.26. The Bertz CT molecular complexity index is 756. The molecule has 1 amide bonds. The summed E-state index contributed by atoms with van der Waals surface area (Å²) in [5.41, 5.74) is 3.65. The molecule has 2 aromatic carbocycles. The van der Waals surface area contributed by atoms with Crippen LogP contribution in [0.15, 0.2) is 45.9 Å². The van der Waals surface area contributed by atoms with E-state index in [2.05, 4.69) is 26.2 Å². The summed E-state index contributed by atoms with van der Waals surface area (Å²) in [7, 11) is 0. The van der Waals surface area contributed by atoms with Gasteiger partial charge in [-0.3, -0.25) is 4.79 Å². The van der Waals surface area contributed by atoms with E-state index in [9.17, 15) is 4.79 Å². The van der Waals surface area contributed by atoms with E-state index in [4.69, 9.17) is 11.6 Å². The lowest BCUT2D eigenvalue weighted by molar-refractivity contribution is -0.110. The summed E-state index contributed by atoms with van der Waals surface area (Å²) in [6.07, 6.45) is 0. The number of halogens is 2. The van der Waals surface area contributed by atoms with Crippen molar-refractivity contribution in [2.45, 2.75) is 6.92 Å². The van der Waals surface area contributed by atoms with Crippen LogP contribution < -0.4 is 5.32 Å². The van der Waals surface area contributed by atoms with Gasteiger partial charge in [-0.05, 0) is 37.3 Å². The van der Waals surface area contributed by atoms with Crippen molar-refractivity contribution in [1.82, 2.24) is 0 Å². The zero-order chi connectivity index (χ0) is 14.3. The van der Waals surface area contributed by atoms with Crippen molar-refractivity contribution in [3.8, 4) is 0 Å². The molecule has 3 nitrogen and oxygen atoms in total. The molecule has 1 heterocycles. The molecule has 0 spiro atoms. The summed E-state index contributed by atoms with van der Waals surface area (Å²) in [6, 6.07) is 11.2. The van der Waals surface area contributed by atoms with E-state index in [-0.39, 0.29) is 5.91 Å². The van der Waals surface area contributed by atoms with Crippen LogP contribution in [0.3, 0.4) is 0 Å². The second-order valence-electron chi connectivity index (χ2n) is 4.56. The van der Waals surface area contributed by atoms with Gasteiger partial charge in [0.15, 0.2) is 0 Å². The van der Waals surface area contributed by atoms with E-state index in [1.54, 1.807) is 12.1 Å². The summed E-state index contributed by atoms with van der Waals surface area (Å²) in [5.74, 6) is -0.204. The van der Waals surface area contributed by atoms with Gasteiger partial charge in [-0.1, -0.05) is 39.2 Å². The number of aryl methyl sites for hydroxylation is 1. The Morgan fingerprint density at radius 3 is 2.75 bits per heavy atom. The molecule has 0 aliphatic carbocycles. The first-order valence-electron chi connectivity index (χ1n) is 6.01. The van der Waals surface area contributed by atoms with Crippen LogP contribution in [-0.4, -0.2) is 11.6 Å². The van der Waals surface area contributed by atoms with E-state index >= 15 is 0 Å². The Morgan fingerprint density at radius 1 is 1.20 bits per heavy atom. The van der Waals surface area contributed by atoms with Gasteiger partial charge in [-0.25, -0.2) is 4.99 Å². The monoisotopic (exact) mass is 348 g/mol. The predicted octanol–water partition coefficient (Wildman–Crippen LogP) is 4.48. The van der Waals surface area contributed by atoms with Crippen molar-refractivity contribution in [3.63, 3.8) is 0 Å². The van der Waals surface area contributed by atoms with Crippen molar-refractivity contribution in [1.29, 1.82) is 0 Å². The fourth-order valence-electron chi connectivity index (χ4n) is 2.07. The minimum Gasteiger partial charge on any atom is -0.320 e. The Labute approximate surface area is 129 Å². The highest BCUT2D eigenvalue weighted by Crippen LogP contribution is 2.31. The molecule has 0 aromatic heterocycles. The van der Waals surface area contributed by atoms with E-state index in [0.717, 1.165) is 21.3 Å². The molecule has 1 N–H and O–H groups in total. The largest absolute Gasteiger partial charge is 0.320 e. The molecule has 5 heteroatoms. The van der Waals surface area contributed by atoms with E-state index in [1.807, 2.05) is 31.2 Å². The first kappa shape index (κ1) is 13.3. The fraction of sp³-hybridized carbons (Fsp3) is 0.0667. The quantitative estimate of drug-likeness (QED) is 0.810. The summed E-state index contributed by atoms with van der Waals surface area (Å²) >= 11 is 9.49. The third kappa shape index (κ3) is 2.37. The number of nitrogens with one attached hydrogen (secondary N) is 1. The molecular formula is C15H10BrClN2O. The standard InChI is InChI=1S/C15H10BrClN2O/c1-8-2-4-12-10(6-8)14(15(20)19-12)18-13-5-3-9(16)7-11(13)17/h2-7H,1H3,(H,18,19,20). The van der Waals surface area contributed by atoms with Crippen molar-refractivity contribution in [2.75, 3.05) is 5.32 Å². The van der Waals surface area contributed by atoms with Crippen LogP contribution in [0.2, 0.25) is 5.02 Å². The number of carbonyl (C=O) groups is 1. The van der Waals surface area contributed by atoms with Gasteiger partial charge < -0.3 is 5.32 Å². The average molecular weight is 350 g/mol. The topological polar surface area (TPSA) is 41.5 Å². The number of benzene rings is 2. The molecule has 100 valence electrons.